The zero-order valence-corrected chi connectivity index (χ0v) is 17.4. The molecule has 10 nitrogen and oxygen atoms in total. The Morgan fingerprint density at radius 2 is 1.29 bits per heavy atom. The molecule has 0 aliphatic carbocycles. The zero-order valence-electron chi connectivity index (χ0n) is 17.4. The summed E-state index contributed by atoms with van der Waals surface area (Å²) in [6.07, 6.45) is -0.826. The number of carboxylic acid groups (broad SMARTS) is 1. The number of aliphatic hydroxyl groups is 1. The average molecular weight is 402 g/mol. The highest BCUT2D eigenvalue weighted by molar-refractivity contribution is 5.94. The van der Waals surface area contributed by atoms with Crippen molar-refractivity contribution in [1.29, 1.82) is 0 Å². The SMILES string of the molecule is CC(C)CC(N)C(=O)NC(C(=O)NC(C(=O)NC(C)C(=O)O)C(C)C)C(C)O. The van der Waals surface area contributed by atoms with Crippen LogP contribution in [0.15, 0.2) is 0 Å². The number of carbonyl (C=O) groups excluding carboxylic acids is 3. The van der Waals surface area contributed by atoms with Gasteiger partial charge in [-0.25, -0.2) is 0 Å². The van der Waals surface area contributed by atoms with Crippen LogP contribution in [-0.2, 0) is 19.2 Å². The first-order valence-electron chi connectivity index (χ1n) is 9.35. The second kappa shape index (κ2) is 11.6. The Kier molecular flexibility index (Phi) is 10.7. The summed E-state index contributed by atoms with van der Waals surface area (Å²) < 4.78 is 0. The Labute approximate surface area is 165 Å². The van der Waals surface area contributed by atoms with E-state index < -0.39 is 54.0 Å². The summed E-state index contributed by atoms with van der Waals surface area (Å²) in [5.41, 5.74) is 5.80. The Morgan fingerprint density at radius 3 is 1.68 bits per heavy atom. The minimum Gasteiger partial charge on any atom is -0.480 e. The topological polar surface area (TPSA) is 171 Å². The predicted molar refractivity (Wildman–Crippen MR) is 103 cm³/mol. The molecule has 0 rings (SSSR count). The summed E-state index contributed by atoms with van der Waals surface area (Å²) in [6.45, 7) is 9.77. The molecule has 0 aliphatic rings. The van der Waals surface area contributed by atoms with Crippen LogP contribution < -0.4 is 21.7 Å². The molecular weight excluding hydrogens is 368 g/mol. The van der Waals surface area contributed by atoms with Crippen molar-refractivity contribution >= 4 is 23.7 Å². The van der Waals surface area contributed by atoms with Gasteiger partial charge in [-0.05, 0) is 32.1 Å². The van der Waals surface area contributed by atoms with E-state index in [1.165, 1.54) is 13.8 Å². The largest absolute Gasteiger partial charge is 0.480 e. The second-order valence-electron chi connectivity index (χ2n) is 7.76. The molecule has 0 saturated heterocycles. The minimum absolute atomic E-state index is 0.171. The van der Waals surface area contributed by atoms with Gasteiger partial charge in [0.1, 0.15) is 18.1 Å². The van der Waals surface area contributed by atoms with Gasteiger partial charge in [0.15, 0.2) is 0 Å². The molecule has 0 heterocycles. The number of aliphatic carboxylic acids is 1. The lowest BCUT2D eigenvalue weighted by Gasteiger charge is -2.27. The molecule has 0 aliphatic heterocycles. The number of aliphatic hydroxyl groups excluding tert-OH is 1. The molecule has 10 heteroatoms. The number of rotatable bonds is 11. The smallest absolute Gasteiger partial charge is 0.325 e. The van der Waals surface area contributed by atoms with Gasteiger partial charge in [0.2, 0.25) is 17.7 Å². The average Bonchev–Trinajstić information content (AvgIpc) is 2.55. The predicted octanol–water partition coefficient (Wildman–Crippen LogP) is -1.04. The monoisotopic (exact) mass is 402 g/mol. The molecule has 5 unspecified atom stereocenters. The molecule has 0 aromatic heterocycles. The highest BCUT2D eigenvalue weighted by atomic mass is 16.4. The van der Waals surface area contributed by atoms with E-state index in [2.05, 4.69) is 16.0 Å². The van der Waals surface area contributed by atoms with Crippen molar-refractivity contribution in [2.24, 2.45) is 17.6 Å². The van der Waals surface area contributed by atoms with Gasteiger partial charge >= 0.3 is 5.97 Å². The lowest BCUT2D eigenvalue weighted by atomic mass is 10.0. The van der Waals surface area contributed by atoms with E-state index in [-0.39, 0.29) is 11.8 Å². The third-order valence-corrected chi connectivity index (χ3v) is 4.10. The van der Waals surface area contributed by atoms with Gasteiger partial charge in [-0.2, -0.15) is 0 Å². The first-order valence-corrected chi connectivity index (χ1v) is 9.35. The summed E-state index contributed by atoms with van der Waals surface area (Å²) in [6, 6.07) is -4.32. The molecule has 0 aromatic carbocycles. The second-order valence-corrected chi connectivity index (χ2v) is 7.76. The number of carbonyl (C=O) groups is 4. The van der Waals surface area contributed by atoms with Gasteiger partial charge < -0.3 is 31.9 Å². The molecule has 162 valence electrons. The summed E-state index contributed by atoms with van der Waals surface area (Å²) in [5.74, 6) is -3.43. The Hall–Kier alpha value is -2.20. The molecule has 3 amide bonds. The number of nitrogens with two attached hydrogens (primary N) is 1. The third kappa shape index (κ3) is 8.66. The maximum atomic E-state index is 12.6. The van der Waals surface area contributed by atoms with Crippen LogP contribution in [0.5, 0.6) is 0 Å². The highest BCUT2D eigenvalue weighted by Gasteiger charge is 2.33. The molecule has 7 N–H and O–H groups in total. The first kappa shape index (κ1) is 25.8. The molecule has 28 heavy (non-hydrogen) atoms. The van der Waals surface area contributed by atoms with Crippen molar-refractivity contribution < 1.29 is 29.4 Å². The normalized spacial score (nSPS) is 16.6. The fourth-order valence-corrected chi connectivity index (χ4v) is 2.42. The van der Waals surface area contributed by atoms with Crippen molar-refractivity contribution in [3.05, 3.63) is 0 Å². The van der Waals surface area contributed by atoms with Crippen LogP contribution in [-0.4, -0.2) is 64.2 Å². The maximum Gasteiger partial charge on any atom is 0.325 e. The molecule has 0 aromatic rings. The summed E-state index contributed by atoms with van der Waals surface area (Å²) in [5, 5.41) is 26.0. The van der Waals surface area contributed by atoms with E-state index in [0.29, 0.717) is 6.42 Å². The van der Waals surface area contributed by atoms with E-state index in [4.69, 9.17) is 10.8 Å². The lowest BCUT2D eigenvalue weighted by Crippen LogP contribution is -2.60. The fraction of sp³-hybridized carbons (Fsp3) is 0.778. The zero-order chi connectivity index (χ0) is 22.2. The quantitative estimate of drug-likeness (QED) is 0.256. The van der Waals surface area contributed by atoms with Crippen molar-refractivity contribution in [1.82, 2.24) is 16.0 Å². The van der Waals surface area contributed by atoms with E-state index in [9.17, 15) is 24.3 Å². The van der Waals surface area contributed by atoms with Crippen molar-refractivity contribution in [2.75, 3.05) is 0 Å². The highest BCUT2D eigenvalue weighted by Crippen LogP contribution is 2.06. The Balaban J connectivity index is 5.19. The van der Waals surface area contributed by atoms with Crippen LogP contribution in [0, 0.1) is 11.8 Å². The van der Waals surface area contributed by atoms with Crippen molar-refractivity contribution in [2.45, 2.75) is 78.2 Å². The molecule has 0 fully saturated rings. The maximum absolute atomic E-state index is 12.6. The summed E-state index contributed by atoms with van der Waals surface area (Å²) in [7, 11) is 0. The van der Waals surface area contributed by atoms with Gasteiger partial charge in [0, 0.05) is 0 Å². The van der Waals surface area contributed by atoms with Crippen LogP contribution in [0.4, 0.5) is 0 Å². The molecule has 0 bridgehead atoms. The van der Waals surface area contributed by atoms with E-state index in [0.717, 1.165) is 0 Å². The molecular formula is C18H34N4O6. The number of hydrogen-bond donors (Lipinski definition) is 6. The number of carboxylic acids is 1. The van der Waals surface area contributed by atoms with Gasteiger partial charge in [-0.1, -0.05) is 27.7 Å². The van der Waals surface area contributed by atoms with Gasteiger partial charge in [-0.3, -0.25) is 19.2 Å². The number of nitrogens with one attached hydrogen (secondary N) is 3. The van der Waals surface area contributed by atoms with Crippen LogP contribution >= 0.6 is 0 Å². The van der Waals surface area contributed by atoms with Crippen LogP contribution in [0.1, 0.15) is 48.0 Å². The minimum atomic E-state index is -1.31. The number of hydrogen-bond acceptors (Lipinski definition) is 6. The Bertz CT molecular complexity index is 564. The molecule has 0 radical (unpaired) electrons. The van der Waals surface area contributed by atoms with Crippen molar-refractivity contribution in [3.63, 3.8) is 0 Å². The third-order valence-electron chi connectivity index (χ3n) is 4.10. The van der Waals surface area contributed by atoms with E-state index in [1.54, 1.807) is 13.8 Å². The molecule has 0 spiro atoms. The lowest BCUT2D eigenvalue weighted by molar-refractivity contribution is -0.142. The van der Waals surface area contributed by atoms with E-state index >= 15 is 0 Å². The van der Waals surface area contributed by atoms with Crippen LogP contribution in [0.25, 0.3) is 0 Å². The molecule has 0 saturated carbocycles. The number of amides is 3. The van der Waals surface area contributed by atoms with Crippen LogP contribution in [0.2, 0.25) is 0 Å². The Morgan fingerprint density at radius 1 is 0.821 bits per heavy atom. The fourth-order valence-electron chi connectivity index (χ4n) is 2.42. The van der Waals surface area contributed by atoms with Gasteiger partial charge in [0.05, 0.1) is 12.1 Å². The summed E-state index contributed by atoms with van der Waals surface area (Å²) >= 11 is 0. The first-order chi connectivity index (χ1) is 12.8. The van der Waals surface area contributed by atoms with Crippen molar-refractivity contribution in [3.8, 4) is 0 Å². The van der Waals surface area contributed by atoms with E-state index in [1.807, 2.05) is 13.8 Å². The standard InChI is InChI=1S/C18H34N4O6/c1-8(2)7-12(19)15(24)22-14(11(6)23)17(26)21-13(9(3)4)16(25)20-10(5)18(27)28/h8-14,23H,7,19H2,1-6H3,(H,20,25)(H,21,26)(H,22,24)(H,27,28). The molecule has 5 atom stereocenters. The van der Waals surface area contributed by atoms with Crippen LogP contribution in [0.3, 0.4) is 0 Å². The van der Waals surface area contributed by atoms with Gasteiger partial charge in [0.25, 0.3) is 0 Å². The van der Waals surface area contributed by atoms with Gasteiger partial charge in [-0.15, -0.1) is 0 Å². The summed E-state index contributed by atoms with van der Waals surface area (Å²) in [4.78, 5) is 48.0.